The van der Waals surface area contributed by atoms with Crippen LogP contribution in [-0.4, -0.2) is 48.3 Å². The number of benzene rings is 1. The van der Waals surface area contributed by atoms with Crippen LogP contribution in [0.2, 0.25) is 0 Å². The molecule has 2 heterocycles. The summed E-state index contributed by atoms with van der Waals surface area (Å²) < 4.78 is 26.1. The van der Waals surface area contributed by atoms with Crippen molar-refractivity contribution in [3.8, 4) is 11.4 Å². The van der Waals surface area contributed by atoms with Crippen molar-refractivity contribution in [2.24, 2.45) is 0 Å². The number of nitrogens with zero attached hydrogens (tertiary/aromatic N) is 2. The molecule has 1 aliphatic heterocycles. The highest BCUT2D eigenvalue weighted by Gasteiger charge is 2.32. The smallest absolute Gasteiger partial charge is 0.262 e. The first kappa shape index (κ1) is 17.6. The standard InChI is InChI=1S/C15H14N4O6S/c1-18(2)26(24,25)7-3-4-9(10(20)5-7)19-11(21)6-8-12(13(19)16)15(23)17-14(8)22/h3-6,20H,16H2,1-2H3,(H,17,22,23). The molecular formula is C15H14N4O6S. The molecule has 0 unspecified atom stereocenters. The van der Waals surface area contributed by atoms with Crippen molar-refractivity contribution in [1.82, 2.24) is 14.2 Å². The number of pyridine rings is 1. The molecular weight excluding hydrogens is 364 g/mol. The number of carbonyl (C=O) groups excluding carboxylic acids is 2. The Hall–Kier alpha value is -3.18. The zero-order chi connectivity index (χ0) is 19.4. The maximum absolute atomic E-state index is 12.3. The molecule has 136 valence electrons. The van der Waals surface area contributed by atoms with Gasteiger partial charge in [-0.05, 0) is 12.1 Å². The van der Waals surface area contributed by atoms with Crippen LogP contribution in [0.4, 0.5) is 5.82 Å². The van der Waals surface area contributed by atoms with Gasteiger partial charge in [0.05, 0.1) is 21.7 Å². The number of imide groups is 1. The van der Waals surface area contributed by atoms with Crippen LogP contribution in [0.15, 0.2) is 34.0 Å². The fraction of sp³-hybridized carbons (Fsp3) is 0.133. The Labute approximate surface area is 147 Å². The molecule has 4 N–H and O–H groups in total. The molecule has 26 heavy (non-hydrogen) atoms. The van der Waals surface area contributed by atoms with Gasteiger partial charge in [0.2, 0.25) is 10.0 Å². The Morgan fingerprint density at radius 2 is 1.77 bits per heavy atom. The molecule has 10 nitrogen and oxygen atoms in total. The molecule has 3 rings (SSSR count). The minimum Gasteiger partial charge on any atom is -0.506 e. The summed E-state index contributed by atoms with van der Waals surface area (Å²) in [5.41, 5.74) is 4.65. The highest BCUT2D eigenvalue weighted by atomic mass is 32.2. The van der Waals surface area contributed by atoms with Gasteiger partial charge in [-0.15, -0.1) is 0 Å². The molecule has 1 aromatic heterocycles. The molecule has 1 aromatic carbocycles. The third-order valence-corrected chi connectivity index (χ3v) is 5.73. The summed E-state index contributed by atoms with van der Waals surface area (Å²) in [4.78, 5) is 35.7. The molecule has 0 spiro atoms. The number of rotatable bonds is 3. The van der Waals surface area contributed by atoms with E-state index in [2.05, 4.69) is 0 Å². The van der Waals surface area contributed by atoms with Crippen LogP contribution in [0.3, 0.4) is 0 Å². The second kappa shape index (κ2) is 5.68. The Kier molecular flexibility index (Phi) is 3.85. The number of amides is 2. The van der Waals surface area contributed by atoms with E-state index in [1.165, 1.54) is 26.2 Å². The molecule has 0 aliphatic carbocycles. The van der Waals surface area contributed by atoms with E-state index in [1.54, 1.807) is 0 Å². The van der Waals surface area contributed by atoms with Gasteiger partial charge in [0.1, 0.15) is 11.6 Å². The number of anilines is 1. The van der Waals surface area contributed by atoms with Crippen molar-refractivity contribution in [3.63, 3.8) is 0 Å². The summed E-state index contributed by atoms with van der Waals surface area (Å²) in [6.45, 7) is 0. The van der Waals surface area contributed by atoms with Crippen LogP contribution in [-0.2, 0) is 10.0 Å². The van der Waals surface area contributed by atoms with E-state index in [4.69, 9.17) is 5.73 Å². The van der Waals surface area contributed by atoms with E-state index in [1.807, 2.05) is 5.32 Å². The Balaban J connectivity index is 2.24. The van der Waals surface area contributed by atoms with Gasteiger partial charge >= 0.3 is 0 Å². The lowest BCUT2D eigenvalue weighted by Crippen LogP contribution is -2.25. The van der Waals surface area contributed by atoms with Crippen LogP contribution in [0.5, 0.6) is 5.75 Å². The SMILES string of the molecule is CN(C)S(=O)(=O)c1ccc(-n2c(N)c3c(cc2=O)C(=O)NC3=O)c(O)c1. The summed E-state index contributed by atoms with van der Waals surface area (Å²) in [5.74, 6) is -2.37. The van der Waals surface area contributed by atoms with Gasteiger partial charge in [-0.3, -0.25) is 24.3 Å². The second-order valence-electron chi connectivity index (χ2n) is 5.71. The number of phenols is 1. The number of aromatic hydroxyl groups is 1. The van der Waals surface area contributed by atoms with E-state index in [0.29, 0.717) is 0 Å². The number of nitrogens with one attached hydrogen (secondary N) is 1. The van der Waals surface area contributed by atoms with Crippen molar-refractivity contribution in [1.29, 1.82) is 0 Å². The quantitative estimate of drug-likeness (QED) is 0.595. The molecule has 2 amide bonds. The molecule has 0 radical (unpaired) electrons. The van der Waals surface area contributed by atoms with Crippen molar-refractivity contribution in [2.75, 3.05) is 19.8 Å². The summed E-state index contributed by atoms with van der Waals surface area (Å²) in [6.07, 6.45) is 0. The van der Waals surface area contributed by atoms with Crippen molar-refractivity contribution in [2.45, 2.75) is 4.90 Å². The Morgan fingerprint density at radius 1 is 1.12 bits per heavy atom. The maximum Gasteiger partial charge on any atom is 0.262 e. The van der Waals surface area contributed by atoms with Crippen LogP contribution in [0.1, 0.15) is 20.7 Å². The highest BCUT2D eigenvalue weighted by Crippen LogP contribution is 2.29. The Morgan fingerprint density at radius 3 is 2.35 bits per heavy atom. The maximum atomic E-state index is 12.3. The zero-order valence-electron chi connectivity index (χ0n) is 13.7. The summed E-state index contributed by atoms with van der Waals surface area (Å²) in [7, 11) is -1.13. The average Bonchev–Trinajstić information content (AvgIpc) is 2.82. The first-order chi connectivity index (χ1) is 12.1. The topological polar surface area (TPSA) is 152 Å². The number of fused-ring (bicyclic) bond motifs is 1. The van der Waals surface area contributed by atoms with Gasteiger partial charge in [0, 0.05) is 26.2 Å². The summed E-state index contributed by atoms with van der Waals surface area (Å²) >= 11 is 0. The highest BCUT2D eigenvalue weighted by molar-refractivity contribution is 7.89. The molecule has 0 atom stereocenters. The summed E-state index contributed by atoms with van der Waals surface area (Å²) in [6, 6.07) is 4.27. The van der Waals surface area contributed by atoms with Crippen LogP contribution < -0.4 is 16.6 Å². The number of aromatic nitrogens is 1. The van der Waals surface area contributed by atoms with Crippen molar-refractivity contribution >= 4 is 27.7 Å². The van der Waals surface area contributed by atoms with E-state index >= 15 is 0 Å². The van der Waals surface area contributed by atoms with E-state index in [9.17, 15) is 27.9 Å². The lowest BCUT2D eigenvalue weighted by atomic mass is 10.1. The molecule has 1 aliphatic rings. The lowest BCUT2D eigenvalue weighted by molar-refractivity contribution is 0.0880. The molecule has 0 bridgehead atoms. The molecule has 11 heteroatoms. The zero-order valence-corrected chi connectivity index (χ0v) is 14.5. The number of nitrogens with two attached hydrogens (primary N) is 1. The van der Waals surface area contributed by atoms with Gasteiger partial charge in [-0.25, -0.2) is 12.7 Å². The third kappa shape index (κ3) is 2.45. The number of nitrogen functional groups attached to an aromatic ring is 1. The first-order valence-electron chi connectivity index (χ1n) is 7.23. The van der Waals surface area contributed by atoms with Gasteiger partial charge < -0.3 is 10.8 Å². The lowest BCUT2D eigenvalue weighted by Gasteiger charge is -2.15. The summed E-state index contributed by atoms with van der Waals surface area (Å²) in [5, 5.41) is 12.3. The number of sulfonamides is 1. The number of phenolic OH excluding ortho intramolecular Hbond substituents is 1. The first-order valence-corrected chi connectivity index (χ1v) is 8.67. The number of hydrogen-bond acceptors (Lipinski definition) is 7. The van der Waals surface area contributed by atoms with Crippen LogP contribution >= 0.6 is 0 Å². The number of carbonyl (C=O) groups is 2. The fourth-order valence-electron chi connectivity index (χ4n) is 2.59. The average molecular weight is 378 g/mol. The normalized spacial score (nSPS) is 13.8. The second-order valence-corrected chi connectivity index (χ2v) is 7.86. The third-order valence-electron chi connectivity index (χ3n) is 3.92. The van der Waals surface area contributed by atoms with E-state index in [0.717, 1.165) is 21.0 Å². The predicted molar refractivity (Wildman–Crippen MR) is 90.8 cm³/mol. The van der Waals surface area contributed by atoms with Crippen molar-refractivity contribution < 1.29 is 23.1 Å². The van der Waals surface area contributed by atoms with Crippen LogP contribution in [0.25, 0.3) is 5.69 Å². The van der Waals surface area contributed by atoms with Crippen molar-refractivity contribution in [3.05, 3.63) is 45.7 Å². The molecule has 0 saturated heterocycles. The minimum atomic E-state index is -3.80. The Bertz CT molecular complexity index is 1130. The monoisotopic (exact) mass is 378 g/mol. The molecule has 0 fully saturated rings. The van der Waals surface area contributed by atoms with E-state index < -0.39 is 33.1 Å². The predicted octanol–water partition coefficient (Wildman–Crippen LogP) is -0.741. The van der Waals surface area contributed by atoms with E-state index in [-0.39, 0.29) is 27.5 Å². The number of hydrogen-bond donors (Lipinski definition) is 3. The van der Waals surface area contributed by atoms with Gasteiger partial charge in [-0.1, -0.05) is 0 Å². The minimum absolute atomic E-state index is 0.125. The van der Waals surface area contributed by atoms with Gasteiger partial charge in [0.15, 0.2) is 0 Å². The molecule has 0 saturated carbocycles. The molecule has 2 aromatic rings. The largest absolute Gasteiger partial charge is 0.506 e. The van der Waals surface area contributed by atoms with Gasteiger partial charge in [0.25, 0.3) is 17.4 Å². The fourth-order valence-corrected chi connectivity index (χ4v) is 3.51. The van der Waals surface area contributed by atoms with Crippen LogP contribution in [0, 0.1) is 0 Å². The van der Waals surface area contributed by atoms with Gasteiger partial charge in [-0.2, -0.15) is 0 Å².